The van der Waals surface area contributed by atoms with Gasteiger partial charge in [-0.3, -0.25) is 4.79 Å². The Hall–Kier alpha value is -1.19. The Morgan fingerprint density at radius 3 is 3.20 bits per heavy atom. The quantitative estimate of drug-likeness (QED) is 0.590. The maximum atomic E-state index is 10.7. The van der Waals surface area contributed by atoms with Gasteiger partial charge in [-0.2, -0.15) is 0 Å². The van der Waals surface area contributed by atoms with Crippen LogP contribution in [-0.4, -0.2) is 19.7 Å². The molecule has 1 aliphatic heterocycles. The summed E-state index contributed by atoms with van der Waals surface area (Å²) >= 11 is 0. The van der Waals surface area contributed by atoms with E-state index in [9.17, 15) is 4.79 Å². The summed E-state index contributed by atoms with van der Waals surface area (Å²) in [5, 5.41) is 2.48. The summed E-state index contributed by atoms with van der Waals surface area (Å²) in [4.78, 5) is 10.7. The molecule has 0 bridgehead atoms. The van der Waals surface area contributed by atoms with Gasteiger partial charge in [-0.1, -0.05) is 0 Å². The Morgan fingerprint density at radius 2 is 2.70 bits per heavy atom. The van der Waals surface area contributed by atoms with E-state index < -0.39 is 0 Å². The van der Waals surface area contributed by atoms with Crippen LogP contribution in [0.5, 0.6) is 0 Å². The second-order valence-corrected chi connectivity index (χ2v) is 1.86. The van der Waals surface area contributed by atoms with Crippen molar-refractivity contribution in [1.29, 1.82) is 0 Å². The number of ether oxygens (including phenoxy) is 2. The van der Waals surface area contributed by atoms with E-state index in [-0.39, 0.29) is 19.1 Å². The first-order valence-electron chi connectivity index (χ1n) is 2.97. The van der Waals surface area contributed by atoms with Crippen LogP contribution in [0.3, 0.4) is 0 Å². The first kappa shape index (κ1) is 6.92. The predicted octanol–water partition coefficient (Wildman–Crippen LogP) is -0.0318. The molecule has 0 saturated heterocycles. The van der Waals surface area contributed by atoms with Crippen LogP contribution in [0.15, 0.2) is 12.0 Å². The molecule has 0 aromatic heterocycles. The second-order valence-electron chi connectivity index (χ2n) is 1.86. The van der Waals surface area contributed by atoms with E-state index in [0.717, 1.165) is 0 Å². The molecule has 10 heavy (non-hydrogen) atoms. The van der Waals surface area contributed by atoms with Gasteiger partial charge in [0.1, 0.15) is 12.0 Å². The first-order chi connectivity index (χ1) is 4.83. The maximum Gasteiger partial charge on any atom is 0.229 e. The van der Waals surface area contributed by atoms with Crippen LogP contribution in [0.2, 0.25) is 0 Å². The summed E-state index contributed by atoms with van der Waals surface area (Å²) in [6.45, 7) is 0.228. The standard InChI is InChI=1S/C6H9NO3/c1-7-6(8)2-5-3-9-4-10-5/h3H,2,4H2,1H3,(H,7,8). The molecule has 1 N–H and O–H groups in total. The second kappa shape index (κ2) is 3.10. The monoisotopic (exact) mass is 143 g/mol. The van der Waals surface area contributed by atoms with E-state index >= 15 is 0 Å². The molecular weight excluding hydrogens is 134 g/mol. The van der Waals surface area contributed by atoms with E-state index in [0.29, 0.717) is 5.76 Å². The smallest absolute Gasteiger partial charge is 0.229 e. The molecule has 4 nitrogen and oxygen atoms in total. The fourth-order valence-corrected chi connectivity index (χ4v) is 0.610. The lowest BCUT2D eigenvalue weighted by molar-refractivity contribution is -0.120. The third kappa shape index (κ3) is 1.65. The lowest BCUT2D eigenvalue weighted by Crippen LogP contribution is -2.17. The normalized spacial score (nSPS) is 15.1. The van der Waals surface area contributed by atoms with Crippen molar-refractivity contribution in [3.05, 3.63) is 12.0 Å². The van der Waals surface area contributed by atoms with E-state index in [2.05, 4.69) is 5.32 Å². The van der Waals surface area contributed by atoms with E-state index in [1.54, 1.807) is 7.05 Å². The van der Waals surface area contributed by atoms with Crippen LogP contribution < -0.4 is 5.32 Å². The molecule has 4 heteroatoms. The van der Waals surface area contributed by atoms with Gasteiger partial charge in [-0.25, -0.2) is 0 Å². The molecule has 0 aliphatic carbocycles. The zero-order valence-corrected chi connectivity index (χ0v) is 5.72. The highest BCUT2D eigenvalue weighted by atomic mass is 16.7. The van der Waals surface area contributed by atoms with Gasteiger partial charge in [0.25, 0.3) is 0 Å². The SMILES string of the molecule is CNC(=O)CC1=COCO1. The summed E-state index contributed by atoms with van der Waals surface area (Å²) in [5.41, 5.74) is 0. The number of carbonyl (C=O) groups excluding carboxylic acids is 1. The molecular formula is C6H9NO3. The molecule has 0 fully saturated rings. The largest absolute Gasteiger partial charge is 0.462 e. The summed E-state index contributed by atoms with van der Waals surface area (Å²) in [6, 6.07) is 0. The van der Waals surface area contributed by atoms with Gasteiger partial charge in [0.2, 0.25) is 12.7 Å². The highest BCUT2D eigenvalue weighted by Crippen LogP contribution is 2.09. The van der Waals surface area contributed by atoms with Crippen molar-refractivity contribution < 1.29 is 14.3 Å². The van der Waals surface area contributed by atoms with Crippen LogP contribution in [-0.2, 0) is 14.3 Å². The van der Waals surface area contributed by atoms with Gasteiger partial charge in [-0.05, 0) is 0 Å². The number of hydrogen-bond donors (Lipinski definition) is 1. The van der Waals surface area contributed by atoms with Crippen LogP contribution >= 0.6 is 0 Å². The summed E-state index contributed by atoms with van der Waals surface area (Å²) < 4.78 is 9.64. The highest BCUT2D eigenvalue weighted by Gasteiger charge is 2.09. The van der Waals surface area contributed by atoms with Gasteiger partial charge in [0.05, 0.1) is 6.42 Å². The van der Waals surface area contributed by atoms with E-state index in [4.69, 9.17) is 9.47 Å². The van der Waals surface area contributed by atoms with Gasteiger partial charge >= 0.3 is 0 Å². The van der Waals surface area contributed by atoms with Gasteiger partial charge in [-0.15, -0.1) is 0 Å². The highest BCUT2D eigenvalue weighted by molar-refractivity contribution is 5.77. The number of nitrogens with one attached hydrogen (secondary N) is 1. The third-order valence-electron chi connectivity index (χ3n) is 1.14. The van der Waals surface area contributed by atoms with Crippen molar-refractivity contribution in [2.24, 2.45) is 0 Å². The topological polar surface area (TPSA) is 47.6 Å². The molecule has 0 aromatic rings. The first-order valence-corrected chi connectivity index (χ1v) is 2.97. The molecule has 1 heterocycles. The molecule has 56 valence electrons. The van der Waals surface area contributed by atoms with E-state index in [1.807, 2.05) is 0 Å². The number of rotatable bonds is 2. The number of carbonyl (C=O) groups is 1. The van der Waals surface area contributed by atoms with E-state index in [1.165, 1.54) is 6.26 Å². The molecule has 0 radical (unpaired) electrons. The summed E-state index contributed by atoms with van der Waals surface area (Å²) in [6.07, 6.45) is 1.71. The molecule has 0 spiro atoms. The Kier molecular flexibility index (Phi) is 2.15. The minimum atomic E-state index is -0.0725. The lowest BCUT2D eigenvalue weighted by atomic mass is 10.3. The van der Waals surface area contributed by atoms with Gasteiger partial charge in [0.15, 0.2) is 0 Å². The molecule has 1 rings (SSSR count). The Balaban J connectivity index is 2.30. The molecule has 0 atom stereocenters. The van der Waals surface area contributed by atoms with Crippen LogP contribution in [0.25, 0.3) is 0 Å². The van der Waals surface area contributed by atoms with Gasteiger partial charge < -0.3 is 14.8 Å². The van der Waals surface area contributed by atoms with Crippen molar-refractivity contribution in [1.82, 2.24) is 5.32 Å². The molecule has 0 unspecified atom stereocenters. The Bertz CT molecular complexity index is 164. The molecule has 1 aliphatic rings. The number of amides is 1. The van der Waals surface area contributed by atoms with Crippen molar-refractivity contribution in [2.75, 3.05) is 13.8 Å². The van der Waals surface area contributed by atoms with Crippen LogP contribution in [0.4, 0.5) is 0 Å². The van der Waals surface area contributed by atoms with Crippen molar-refractivity contribution in [2.45, 2.75) is 6.42 Å². The van der Waals surface area contributed by atoms with Crippen molar-refractivity contribution in [3.8, 4) is 0 Å². The fraction of sp³-hybridized carbons (Fsp3) is 0.500. The Labute approximate surface area is 58.8 Å². The molecule has 1 amide bonds. The average molecular weight is 143 g/mol. The zero-order valence-electron chi connectivity index (χ0n) is 5.72. The van der Waals surface area contributed by atoms with Crippen molar-refractivity contribution >= 4 is 5.91 Å². The van der Waals surface area contributed by atoms with Crippen molar-refractivity contribution in [3.63, 3.8) is 0 Å². The lowest BCUT2D eigenvalue weighted by Gasteiger charge is -1.98. The fourth-order valence-electron chi connectivity index (χ4n) is 0.610. The third-order valence-corrected chi connectivity index (χ3v) is 1.14. The zero-order chi connectivity index (χ0) is 7.40. The van der Waals surface area contributed by atoms with Gasteiger partial charge in [0, 0.05) is 7.05 Å². The van der Waals surface area contributed by atoms with Crippen LogP contribution in [0, 0.1) is 0 Å². The molecule has 0 aromatic carbocycles. The summed E-state index contributed by atoms with van der Waals surface area (Å²) in [7, 11) is 1.58. The average Bonchev–Trinajstić information content (AvgIpc) is 2.40. The van der Waals surface area contributed by atoms with Crippen LogP contribution in [0.1, 0.15) is 6.42 Å². The maximum absolute atomic E-state index is 10.7. The predicted molar refractivity (Wildman–Crippen MR) is 33.8 cm³/mol. The Morgan fingerprint density at radius 1 is 1.90 bits per heavy atom. The minimum Gasteiger partial charge on any atom is -0.462 e. The molecule has 0 saturated carbocycles. The minimum absolute atomic E-state index is 0.0725. The number of hydrogen-bond acceptors (Lipinski definition) is 3. The summed E-state index contributed by atoms with van der Waals surface area (Å²) in [5.74, 6) is 0.510.